The molecule has 5 fully saturated rings. The largest absolute Gasteiger partial charge is 0.493 e. The fourth-order valence-electron chi connectivity index (χ4n) is 7.29. The van der Waals surface area contributed by atoms with Gasteiger partial charge in [-0.2, -0.15) is 0 Å². The number of rotatable bonds is 7. The van der Waals surface area contributed by atoms with E-state index in [1.807, 2.05) is 30.3 Å². The van der Waals surface area contributed by atoms with Gasteiger partial charge >= 0.3 is 0 Å². The Bertz CT molecular complexity index is 750. The van der Waals surface area contributed by atoms with Crippen molar-refractivity contribution in [2.75, 3.05) is 19.7 Å². The summed E-state index contributed by atoms with van der Waals surface area (Å²) < 4.78 is 5.62. The number of para-hydroxylation sites is 1. The second-order valence-corrected chi connectivity index (χ2v) is 10.7. The normalized spacial score (nSPS) is 32.1. The maximum absolute atomic E-state index is 13.1. The Kier molecular flexibility index (Phi) is 5.94. The molecule has 1 N–H and O–H groups in total. The number of nitrogens with one attached hydrogen (secondary N) is 1. The molecule has 31 heavy (non-hydrogen) atoms. The topological polar surface area (TPSA) is 58.6 Å². The summed E-state index contributed by atoms with van der Waals surface area (Å²) in [6.45, 7) is 1.94. The molecule has 1 aromatic rings. The molecule has 1 saturated heterocycles. The third kappa shape index (κ3) is 4.91. The standard InChI is InChI=1S/C26H36N2O3/c29-24(8-11-31-23-4-2-1-3-5-23)27-22-6-9-28(10-7-22)25(30)18-26-15-19-12-20(16-26)14-21(13-19)17-26/h1-5,19-22H,6-18H2,(H,27,29). The van der Waals surface area contributed by atoms with E-state index in [1.54, 1.807) is 0 Å². The first-order valence-electron chi connectivity index (χ1n) is 12.3. The molecule has 4 bridgehead atoms. The summed E-state index contributed by atoms with van der Waals surface area (Å²) in [5.74, 6) is 3.88. The van der Waals surface area contributed by atoms with E-state index in [9.17, 15) is 9.59 Å². The van der Waals surface area contributed by atoms with Gasteiger partial charge in [-0.05, 0) is 86.7 Å². The number of hydrogen-bond donors (Lipinski definition) is 1. The second kappa shape index (κ2) is 8.84. The van der Waals surface area contributed by atoms with E-state index in [4.69, 9.17) is 4.74 Å². The lowest BCUT2D eigenvalue weighted by Gasteiger charge is -2.57. The minimum absolute atomic E-state index is 0.0364. The third-order valence-corrected chi connectivity index (χ3v) is 8.25. The van der Waals surface area contributed by atoms with Crippen molar-refractivity contribution < 1.29 is 14.3 Å². The number of ether oxygens (including phenoxy) is 1. The van der Waals surface area contributed by atoms with Crippen LogP contribution >= 0.6 is 0 Å². The molecule has 0 radical (unpaired) electrons. The van der Waals surface area contributed by atoms with E-state index in [0.29, 0.717) is 24.3 Å². The molecule has 168 valence electrons. The van der Waals surface area contributed by atoms with E-state index >= 15 is 0 Å². The summed E-state index contributed by atoms with van der Waals surface area (Å²) in [4.78, 5) is 27.4. The van der Waals surface area contributed by atoms with Crippen molar-refractivity contribution in [3.63, 3.8) is 0 Å². The van der Waals surface area contributed by atoms with E-state index < -0.39 is 0 Å². The average Bonchev–Trinajstić information content (AvgIpc) is 2.73. The molecule has 4 aliphatic carbocycles. The van der Waals surface area contributed by atoms with Crippen molar-refractivity contribution in [1.82, 2.24) is 10.2 Å². The quantitative estimate of drug-likeness (QED) is 0.715. The summed E-state index contributed by atoms with van der Waals surface area (Å²) in [5, 5.41) is 3.13. The number of carbonyl (C=O) groups excluding carboxylic acids is 2. The smallest absolute Gasteiger partial charge is 0.223 e. The number of likely N-dealkylation sites (tertiary alicyclic amines) is 1. The molecule has 4 saturated carbocycles. The van der Waals surface area contributed by atoms with Crippen molar-refractivity contribution in [3.05, 3.63) is 30.3 Å². The fourth-order valence-corrected chi connectivity index (χ4v) is 7.29. The van der Waals surface area contributed by atoms with Crippen LogP contribution in [0.3, 0.4) is 0 Å². The van der Waals surface area contributed by atoms with Gasteiger partial charge in [0.05, 0.1) is 13.0 Å². The lowest BCUT2D eigenvalue weighted by molar-refractivity contribution is -0.140. The van der Waals surface area contributed by atoms with Crippen molar-refractivity contribution >= 4 is 11.8 Å². The Labute approximate surface area is 185 Å². The van der Waals surface area contributed by atoms with Crippen LogP contribution in [-0.2, 0) is 9.59 Å². The SMILES string of the molecule is O=C(CCOc1ccccc1)NC1CCN(C(=O)CC23CC4CC(CC(C4)C2)C3)CC1. The Balaban J connectivity index is 1.03. The predicted octanol–water partition coefficient (Wildman–Crippen LogP) is 4.17. The van der Waals surface area contributed by atoms with E-state index in [1.165, 1.54) is 38.5 Å². The van der Waals surface area contributed by atoms with Gasteiger partial charge in [0.1, 0.15) is 5.75 Å². The molecule has 5 heteroatoms. The minimum atomic E-state index is 0.0364. The predicted molar refractivity (Wildman–Crippen MR) is 120 cm³/mol. The number of amides is 2. The van der Waals surface area contributed by atoms with Crippen LogP contribution in [-0.4, -0.2) is 42.5 Å². The molecular weight excluding hydrogens is 388 g/mol. The van der Waals surface area contributed by atoms with E-state index in [2.05, 4.69) is 10.2 Å². The number of benzene rings is 1. The molecular formula is C26H36N2O3. The van der Waals surface area contributed by atoms with Crippen LogP contribution in [0.25, 0.3) is 0 Å². The molecule has 5 aliphatic rings. The molecule has 0 unspecified atom stereocenters. The molecule has 1 aliphatic heterocycles. The fraction of sp³-hybridized carbons (Fsp3) is 0.692. The third-order valence-electron chi connectivity index (χ3n) is 8.25. The molecule has 0 aromatic heterocycles. The van der Waals surface area contributed by atoms with Gasteiger partial charge < -0.3 is 15.0 Å². The monoisotopic (exact) mass is 424 g/mol. The van der Waals surface area contributed by atoms with Crippen LogP contribution in [0.4, 0.5) is 0 Å². The van der Waals surface area contributed by atoms with Gasteiger partial charge in [0.15, 0.2) is 0 Å². The van der Waals surface area contributed by atoms with Gasteiger partial charge in [-0.3, -0.25) is 9.59 Å². The van der Waals surface area contributed by atoms with Crippen LogP contribution in [0.2, 0.25) is 0 Å². The highest BCUT2D eigenvalue weighted by Gasteiger charge is 2.51. The van der Waals surface area contributed by atoms with Gasteiger partial charge in [-0.1, -0.05) is 18.2 Å². The van der Waals surface area contributed by atoms with E-state index in [0.717, 1.165) is 55.9 Å². The van der Waals surface area contributed by atoms with E-state index in [-0.39, 0.29) is 11.9 Å². The minimum Gasteiger partial charge on any atom is -0.493 e. The molecule has 5 nitrogen and oxygen atoms in total. The first kappa shape index (κ1) is 20.8. The zero-order valence-corrected chi connectivity index (χ0v) is 18.6. The van der Waals surface area contributed by atoms with Crippen molar-refractivity contribution in [3.8, 4) is 5.75 Å². The number of piperidine rings is 1. The second-order valence-electron chi connectivity index (χ2n) is 10.7. The first-order chi connectivity index (χ1) is 15.1. The Morgan fingerprint density at radius 1 is 0.968 bits per heavy atom. The Morgan fingerprint density at radius 3 is 2.19 bits per heavy atom. The van der Waals surface area contributed by atoms with Crippen LogP contribution < -0.4 is 10.1 Å². The number of carbonyl (C=O) groups is 2. The van der Waals surface area contributed by atoms with Crippen molar-refractivity contribution in [2.24, 2.45) is 23.2 Å². The van der Waals surface area contributed by atoms with Crippen molar-refractivity contribution in [2.45, 2.75) is 70.3 Å². The van der Waals surface area contributed by atoms with Gasteiger partial charge in [-0.25, -0.2) is 0 Å². The highest BCUT2D eigenvalue weighted by atomic mass is 16.5. The zero-order valence-electron chi connectivity index (χ0n) is 18.6. The maximum Gasteiger partial charge on any atom is 0.223 e. The molecule has 0 atom stereocenters. The van der Waals surface area contributed by atoms with Crippen LogP contribution in [0.1, 0.15) is 64.2 Å². The number of nitrogens with zero attached hydrogens (tertiary/aromatic N) is 1. The molecule has 1 heterocycles. The molecule has 6 rings (SSSR count). The van der Waals surface area contributed by atoms with Crippen LogP contribution in [0.5, 0.6) is 5.75 Å². The molecule has 0 spiro atoms. The highest BCUT2D eigenvalue weighted by molar-refractivity contribution is 5.78. The summed E-state index contributed by atoms with van der Waals surface area (Å²) >= 11 is 0. The lowest BCUT2D eigenvalue weighted by Crippen LogP contribution is -2.50. The number of hydrogen-bond acceptors (Lipinski definition) is 3. The van der Waals surface area contributed by atoms with Crippen molar-refractivity contribution in [1.29, 1.82) is 0 Å². The van der Waals surface area contributed by atoms with Gasteiger partial charge in [0, 0.05) is 25.6 Å². The average molecular weight is 425 g/mol. The Hall–Kier alpha value is -2.04. The summed E-state index contributed by atoms with van der Waals surface area (Å²) in [7, 11) is 0. The van der Waals surface area contributed by atoms with Gasteiger partial charge in [0.2, 0.25) is 11.8 Å². The highest BCUT2D eigenvalue weighted by Crippen LogP contribution is 2.61. The Morgan fingerprint density at radius 2 is 1.58 bits per heavy atom. The zero-order chi connectivity index (χ0) is 21.3. The summed E-state index contributed by atoms with van der Waals surface area (Å²) in [6.07, 6.45) is 11.0. The summed E-state index contributed by atoms with van der Waals surface area (Å²) in [6, 6.07) is 9.76. The molecule has 1 aromatic carbocycles. The van der Waals surface area contributed by atoms with Crippen LogP contribution in [0, 0.1) is 23.2 Å². The van der Waals surface area contributed by atoms with Gasteiger partial charge in [-0.15, -0.1) is 0 Å². The van der Waals surface area contributed by atoms with Crippen LogP contribution in [0.15, 0.2) is 30.3 Å². The lowest BCUT2D eigenvalue weighted by atomic mass is 9.49. The summed E-state index contributed by atoms with van der Waals surface area (Å²) in [5.41, 5.74) is 0.315. The molecule has 2 amide bonds. The maximum atomic E-state index is 13.1. The van der Waals surface area contributed by atoms with Gasteiger partial charge in [0.25, 0.3) is 0 Å². The first-order valence-corrected chi connectivity index (χ1v) is 12.3.